The first-order chi connectivity index (χ1) is 16.3. The van der Waals surface area contributed by atoms with E-state index in [1.807, 2.05) is 50.2 Å². The molecule has 4 rings (SSSR count). The molecule has 2 aromatic carbocycles. The molecule has 0 aromatic heterocycles. The molecule has 0 bridgehead atoms. The zero-order valence-corrected chi connectivity index (χ0v) is 21.1. The predicted molar refractivity (Wildman–Crippen MR) is 133 cm³/mol. The Balaban J connectivity index is 1.49. The average Bonchev–Trinajstić information content (AvgIpc) is 3.08. The lowest BCUT2D eigenvalue weighted by Gasteiger charge is -2.36. The van der Waals surface area contributed by atoms with Crippen molar-refractivity contribution in [3.05, 3.63) is 58.7 Å². The van der Waals surface area contributed by atoms with Gasteiger partial charge in [-0.2, -0.15) is 8.42 Å². The van der Waals surface area contributed by atoms with Gasteiger partial charge in [0.1, 0.15) is 10.7 Å². The van der Waals surface area contributed by atoms with Crippen molar-refractivity contribution in [2.24, 2.45) is 4.40 Å². The molecule has 1 saturated heterocycles. The first kappa shape index (κ1) is 24.1. The third-order valence-corrected chi connectivity index (χ3v) is 7.78. The summed E-state index contributed by atoms with van der Waals surface area (Å²) in [5.41, 5.74) is 3.48. The Bertz CT molecular complexity index is 1230. The van der Waals surface area contributed by atoms with Crippen LogP contribution in [-0.2, 0) is 16.6 Å². The Hall–Kier alpha value is -3.04. The molecule has 0 spiro atoms. The number of rotatable bonds is 6. The number of ether oxygens (including phenoxy) is 3. The van der Waals surface area contributed by atoms with Crippen LogP contribution in [0.25, 0.3) is 4.91 Å². The topological polar surface area (TPSA) is 80.7 Å². The Morgan fingerprint density at radius 3 is 2.09 bits per heavy atom. The molecule has 0 amide bonds. The van der Waals surface area contributed by atoms with Crippen LogP contribution < -0.4 is 14.2 Å². The molecule has 8 nitrogen and oxygen atoms in total. The number of sulfonamides is 1. The van der Waals surface area contributed by atoms with Crippen LogP contribution >= 0.6 is 0 Å². The van der Waals surface area contributed by atoms with Gasteiger partial charge in [0.15, 0.2) is 11.5 Å². The standard InChI is InChI=1S/C25H31N3O5S/c1-17-6-8-19(9-7-17)24-18(2)25(26-34(24,29)30)28-14-12-27(13-15-28)16-20-10-11-21(31-3)23(33-5)22(20)32-4/h6-11H,12-16H2,1-5H3. The van der Waals surface area contributed by atoms with Crippen LogP contribution in [0.4, 0.5) is 0 Å². The molecular weight excluding hydrogens is 454 g/mol. The van der Waals surface area contributed by atoms with E-state index in [-0.39, 0.29) is 0 Å². The molecule has 34 heavy (non-hydrogen) atoms. The lowest BCUT2D eigenvalue weighted by atomic mass is 10.1. The molecule has 0 saturated carbocycles. The summed E-state index contributed by atoms with van der Waals surface area (Å²) >= 11 is 0. The van der Waals surface area contributed by atoms with Crippen molar-refractivity contribution in [1.82, 2.24) is 9.80 Å². The molecular formula is C25H31N3O5S. The van der Waals surface area contributed by atoms with Gasteiger partial charge in [-0.15, -0.1) is 4.40 Å². The van der Waals surface area contributed by atoms with E-state index in [4.69, 9.17) is 14.2 Å². The fraction of sp³-hybridized carbons (Fsp3) is 0.400. The number of hydrogen-bond donors (Lipinski definition) is 0. The summed E-state index contributed by atoms with van der Waals surface area (Å²) in [5, 5.41) is 0. The number of piperazine rings is 1. The SMILES string of the molecule is COc1ccc(CN2CCN(C3=NS(=O)(=O)C(c4ccc(C)cc4)=C3C)CC2)c(OC)c1OC. The molecule has 0 unspecified atom stereocenters. The summed E-state index contributed by atoms with van der Waals surface area (Å²) in [6, 6.07) is 11.4. The number of amidine groups is 1. The Morgan fingerprint density at radius 2 is 1.50 bits per heavy atom. The second-order valence-electron chi connectivity index (χ2n) is 8.47. The summed E-state index contributed by atoms with van der Waals surface area (Å²) in [6.45, 7) is 7.41. The van der Waals surface area contributed by atoms with E-state index in [1.54, 1.807) is 21.3 Å². The fourth-order valence-electron chi connectivity index (χ4n) is 4.53. The van der Waals surface area contributed by atoms with Gasteiger partial charge in [-0.05, 0) is 25.5 Å². The molecule has 2 aliphatic rings. The monoisotopic (exact) mass is 485 g/mol. The minimum atomic E-state index is -3.72. The first-order valence-electron chi connectivity index (χ1n) is 11.2. The quantitative estimate of drug-likeness (QED) is 0.621. The van der Waals surface area contributed by atoms with E-state index in [1.165, 1.54) is 0 Å². The van der Waals surface area contributed by atoms with E-state index >= 15 is 0 Å². The normalized spacial score (nSPS) is 18.1. The zero-order chi connectivity index (χ0) is 24.5. The van der Waals surface area contributed by atoms with Gasteiger partial charge in [-0.1, -0.05) is 35.9 Å². The van der Waals surface area contributed by atoms with Crippen LogP contribution in [0.2, 0.25) is 0 Å². The highest BCUT2D eigenvalue weighted by molar-refractivity contribution is 8.00. The minimum absolute atomic E-state index is 0.306. The van der Waals surface area contributed by atoms with Crippen LogP contribution in [0.3, 0.4) is 0 Å². The summed E-state index contributed by atoms with van der Waals surface area (Å²) in [7, 11) is 1.10. The van der Waals surface area contributed by atoms with Gasteiger partial charge < -0.3 is 19.1 Å². The van der Waals surface area contributed by atoms with Crippen molar-refractivity contribution in [1.29, 1.82) is 0 Å². The van der Waals surface area contributed by atoms with Crippen LogP contribution in [0.1, 0.15) is 23.6 Å². The molecule has 0 N–H and O–H groups in total. The Labute approximate surface area is 201 Å². The van der Waals surface area contributed by atoms with Crippen molar-refractivity contribution < 1.29 is 22.6 Å². The molecule has 0 aliphatic carbocycles. The van der Waals surface area contributed by atoms with Gasteiger partial charge in [-0.3, -0.25) is 4.90 Å². The maximum atomic E-state index is 12.9. The van der Waals surface area contributed by atoms with Crippen LogP contribution in [0, 0.1) is 6.92 Å². The molecule has 1 fully saturated rings. The molecule has 182 valence electrons. The number of aryl methyl sites for hydroxylation is 1. The van der Waals surface area contributed by atoms with Crippen molar-refractivity contribution in [2.75, 3.05) is 47.5 Å². The first-order valence-corrected chi connectivity index (χ1v) is 12.6. The Morgan fingerprint density at radius 1 is 0.853 bits per heavy atom. The number of benzene rings is 2. The van der Waals surface area contributed by atoms with Gasteiger partial charge in [-0.25, -0.2) is 0 Å². The molecule has 0 radical (unpaired) electrons. The third kappa shape index (κ3) is 4.50. The summed E-state index contributed by atoms with van der Waals surface area (Å²) in [5.74, 6) is 2.42. The van der Waals surface area contributed by atoms with Gasteiger partial charge in [0.05, 0.1) is 21.3 Å². The maximum Gasteiger partial charge on any atom is 0.285 e. The lowest BCUT2D eigenvalue weighted by Crippen LogP contribution is -2.48. The highest BCUT2D eigenvalue weighted by Crippen LogP contribution is 2.40. The number of methoxy groups -OCH3 is 3. The highest BCUT2D eigenvalue weighted by Gasteiger charge is 2.34. The van der Waals surface area contributed by atoms with Gasteiger partial charge in [0.2, 0.25) is 5.75 Å². The van der Waals surface area contributed by atoms with Gasteiger partial charge >= 0.3 is 0 Å². The average molecular weight is 486 g/mol. The van der Waals surface area contributed by atoms with Crippen molar-refractivity contribution >= 4 is 20.8 Å². The highest BCUT2D eigenvalue weighted by atomic mass is 32.2. The maximum absolute atomic E-state index is 12.9. The largest absolute Gasteiger partial charge is 0.493 e. The Kier molecular flexibility index (Phi) is 6.86. The minimum Gasteiger partial charge on any atom is -0.493 e. The second kappa shape index (κ2) is 9.68. The van der Waals surface area contributed by atoms with Gasteiger partial charge in [0.25, 0.3) is 10.0 Å². The third-order valence-electron chi connectivity index (χ3n) is 6.31. The summed E-state index contributed by atoms with van der Waals surface area (Å²) in [4.78, 5) is 4.68. The van der Waals surface area contributed by atoms with E-state index in [0.29, 0.717) is 58.8 Å². The summed E-state index contributed by atoms with van der Waals surface area (Å²) in [6.07, 6.45) is 0. The summed E-state index contributed by atoms with van der Waals surface area (Å²) < 4.78 is 46.4. The predicted octanol–water partition coefficient (Wildman–Crippen LogP) is 3.31. The molecule has 2 aliphatic heterocycles. The van der Waals surface area contributed by atoms with Gasteiger partial charge in [0, 0.05) is 43.9 Å². The molecule has 0 atom stereocenters. The van der Waals surface area contributed by atoms with Crippen LogP contribution in [0.5, 0.6) is 17.2 Å². The van der Waals surface area contributed by atoms with E-state index in [9.17, 15) is 8.42 Å². The lowest BCUT2D eigenvalue weighted by molar-refractivity contribution is 0.174. The van der Waals surface area contributed by atoms with E-state index in [2.05, 4.69) is 14.2 Å². The number of hydrogen-bond acceptors (Lipinski definition) is 7. The molecule has 2 aromatic rings. The van der Waals surface area contributed by atoms with Crippen molar-refractivity contribution in [3.63, 3.8) is 0 Å². The molecule has 9 heteroatoms. The van der Waals surface area contributed by atoms with Crippen molar-refractivity contribution in [2.45, 2.75) is 20.4 Å². The fourth-order valence-corrected chi connectivity index (χ4v) is 6.02. The van der Waals surface area contributed by atoms with Crippen LogP contribution in [0.15, 0.2) is 46.4 Å². The zero-order valence-electron chi connectivity index (χ0n) is 20.3. The smallest absolute Gasteiger partial charge is 0.285 e. The van der Waals surface area contributed by atoms with E-state index < -0.39 is 10.0 Å². The van der Waals surface area contributed by atoms with Crippen LogP contribution in [-0.4, -0.2) is 71.6 Å². The molecule has 2 heterocycles. The number of nitrogens with zero attached hydrogens (tertiary/aromatic N) is 3. The van der Waals surface area contributed by atoms with E-state index in [0.717, 1.165) is 24.2 Å². The van der Waals surface area contributed by atoms with Crippen molar-refractivity contribution in [3.8, 4) is 17.2 Å². The second-order valence-corrected chi connectivity index (χ2v) is 10.0.